The summed E-state index contributed by atoms with van der Waals surface area (Å²) in [5.41, 5.74) is 0. The minimum atomic E-state index is -3.97. The highest BCUT2D eigenvalue weighted by Crippen LogP contribution is 2.13. The lowest BCUT2D eigenvalue weighted by Crippen LogP contribution is -1.99. The monoisotopic (exact) mass is 272 g/mol. The topological polar surface area (TPSA) is 54.4 Å². The van der Waals surface area contributed by atoms with Gasteiger partial charge in [-0.3, -0.25) is 4.55 Å². The van der Waals surface area contributed by atoms with Gasteiger partial charge in [-0.2, -0.15) is 8.42 Å². The van der Waals surface area contributed by atoms with Crippen LogP contribution in [0.4, 0.5) is 0 Å². The molecule has 3 nitrogen and oxygen atoms in total. The van der Waals surface area contributed by atoms with Crippen LogP contribution in [0, 0.1) is 0 Å². The van der Waals surface area contributed by atoms with Crippen LogP contribution in [0.1, 0.15) is 0 Å². The van der Waals surface area contributed by atoms with Crippen LogP contribution in [0.2, 0.25) is 0 Å². The van der Waals surface area contributed by atoms with E-state index < -0.39 is 10.1 Å². The summed E-state index contributed by atoms with van der Waals surface area (Å²) in [4.78, 5) is -0.0153. The van der Waals surface area contributed by atoms with Crippen LogP contribution < -0.4 is 0 Å². The number of hydrogen-bond acceptors (Lipinski definition) is 2. The molecule has 10 heavy (non-hydrogen) atoms. The van der Waals surface area contributed by atoms with E-state index in [2.05, 4.69) is 0 Å². The summed E-state index contributed by atoms with van der Waals surface area (Å²) >= 11 is -0.118. The summed E-state index contributed by atoms with van der Waals surface area (Å²) in [6, 6.07) is 0. The van der Waals surface area contributed by atoms with Gasteiger partial charge >= 0.3 is 0 Å². The molecule has 0 bridgehead atoms. The van der Waals surface area contributed by atoms with Crippen molar-refractivity contribution in [2.24, 2.45) is 0 Å². The first-order valence-corrected chi connectivity index (χ1v) is 6.33. The van der Waals surface area contributed by atoms with Crippen molar-refractivity contribution >= 4 is 34.9 Å². The van der Waals surface area contributed by atoms with Crippen molar-refractivity contribution in [3.05, 3.63) is 21.1 Å². The van der Waals surface area contributed by atoms with Crippen LogP contribution in [0.3, 0.4) is 0 Å². The van der Waals surface area contributed by atoms with E-state index in [1.807, 2.05) is 0 Å². The lowest BCUT2D eigenvalue weighted by Gasteiger charge is -1.96. The minimum Gasteiger partial charge on any atom is -0.282 e. The van der Waals surface area contributed by atoms with E-state index in [9.17, 15) is 8.42 Å². The second-order valence-corrected chi connectivity index (χ2v) is 5.17. The van der Waals surface area contributed by atoms with Crippen LogP contribution in [-0.4, -0.2) is 17.0 Å². The van der Waals surface area contributed by atoms with Gasteiger partial charge in [0.2, 0.25) is 0 Å². The Kier molecular flexibility index (Phi) is 2.37. The van der Waals surface area contributed by atoms with Gasteiger partial charge in [0.05, 0.1) is 4.91 Å². The van der Waals surface area contributed by atoms with Crippen LogP contribution >= 0.6 is 20.7 Å². The number of halogens is 1. The Hall–Kier alpha value is -0.0100. The fraction of sp³-hybridized carbons (Fsp3) is 0. The molecule has 0 aromatic rings. The Balaban J connectivity index is 3.08. The molecule has 0 fully saturated rings. The predicted octanol–water partition coefficient (Wildman–Crippen LogP) is 1.06. The maximum atomic E-state index is 10.4. The zero-order valence-electron chi connectivity index (χ0n) is 4.86. The Morgan fingerprint density at radius 1 is 1.50 bits per heavy atom. The van der Waals surface area contributed by atoms with Crippen molar-refractivity contribution in [3.63, 3.8) is 0 Å². The summed E-state index contributed by atoms with van der Waals surface area (Å²) in [7, 11) is -3.97. The smallest absolute Gasteiger partial charge is 0.282 e. The number of rotatable bonds is 1. The second-order valence-electron chi connectivity index (χ2n) is 1.59. The van der Waals surface area contributed by atoms with E-state index in [1.165, 1.54) is 12.2 Å². The SMILES string of the molecule is O=S(=O)(O)C1=CC=IC=C1. The summed E-state index contributed by atoms with van der Waals surface area (Å²) in [6.07, 6.45) is 2.87. The zero-order valence-corrected chi connectivity index (χ0v) is 7.83. The largest absolute Gasteiger partial charge is 0.294 e. The lowest BCUT2D eigenvalue weighted by atomic mass is 10.5. The maximum absolute atomic E-state index is 10.4. The molecule has 0 amide bonds. The van der Waals surface area contributed by atoms with Crippen molar-refractivity contribution in [1.82, 2.24) is 0 Å². The molecule has 0 atom stereocenters. The average Bonchev–Trinajstić information content (AvgIpc) is 1.88. The molecule has 0 spiro atoms. The van der Waals surface area contributed by atoms with Crippen LogP contribution in [-0.2, 0) is 10.1 Å². The molecule has 1 aliphatic heterocycles. The third-order valence-corrected chi connectivity index (χ3v) is 3.32. The van der Waals surface area contributed by atoms with Crippen molar-refractivity contribution in [2.45, 2.75) is 0 Å². The fourth-order valence-corrected chi connectivity index (χ4v) is 2.86. The summed E-state index contributed by atoms with van der Waals surface area (Å²) in [5.74, 6) is 0. The van der Waals surface area contributed by atoms with E-state index in [4.69, 9.17) is 4.55 Å². The highest BCUT2D eigenvalue weighted by atomic mass is 127. The van der Waals surface area contributed by atoms with Crippen LogP contribution in [0.25, 0.3) is 0 Å². The van der Waals surface area contributed by atoms with E-state index in [-0.39, 0.29) is 25.6 Å². The van der Waals surface area contributed by atoms with Crippen molar-refractivity contribution in [3.8, 4) is 0 Å². The van der Waals surface area contributed by atoms with Gasteiger partial charge in [-0.1, -0.05) is 20.7 Å². The number of hydrogen-bond donors (Lipinski definition) is 1. The van der Waals surface area contributed by atoms with Gasteiger partial charge in [-0.15, -0.1) is 0 Å². The summed E-state index contributed by atoms with van der Waals surface area (Å²) < 4.78 is 32.9. The van der Waals surface area contributed by atoms with Gasteiger partial charge in [-0.05, 0) is 20.2 Å². The molecular formula is C5H5IO3S. The molecule has 0 saturated heterocycles. The third-order valence-electron chi connectivity index (χ3n) is 0.898. The quantitative estimate of drug-likeness (QED) is 0.573. The first kappa shape index (κ1) is 8.09. The third kappa shape index (κ3) is 1.99. The van der Waals surface area contributed by atoms with Crippen LogP contribution in [0.5, 0.6) is 0 Å². The molecule has 5 heteroatoms. The molecule has 0 aromatic heterocycles. The molecule has 1 rings (SSSR count). The first-order chi connectivity index (χ1) is 4.61. The van der Waals surface area contributed by atoms with E-state index in [0.29, 0.717) is 0 Å². The van der Waals surface area contributed by atoms with Gasteiger partial charge in [0.25, 0.3) is 10.1 Å². The Morgan fingerprint density at radius 3 is 2.50 bits per heavy atom. The molecule has 0 aromatic carbocycles. The maximum Gasteiger partial charge on any atom is 0.294 e. The molecule has 1 aliphatic rings. The summed E-state index contributed by atoms with van der Waals surface area (Å²) in [5, 5.41) is 0. The first-order valence-electron chi connectivity index (χ1n) is 2.40. The van der Waals surface area contributed by atoms with E-state index in [1.54, 1.807) is 8.09 Å². The lowest BCUT2D eigenvalue weighted by molar-refractivity contribution is 0.492. The normalized spacial score (nSPS) is 17.9. The predicted molar refractivity (Wildman–Crippen MR) is 48.9 cm³/mol. The molecule has 1 N–H and O–H groups in total. The molecule has 56 valence electrons. The molecular weight excluding hydrogens is 267 g/mol. The highest BCUT2D eigenvalue weighted by molar-refractivity contribution is 14.2. The minimum absolute atomic E-state index is 0.0153. The van der Waals surface area contributed by atoms with E-state index in [0.717, 1.165) is 0 Å². The van der Waals surface area contributed by atoms with Gasteiger partial charge in [0, 0.05) is 0 Å². The van der Waals surface area contributed by atoms with Gasteiger partial charge in [0.15, 0.2) is 0 Å². The number of allylic oxidation sites excluding steroid dienone is 2. The zero-order chi connectivity index (χ0) is 7.61. The Labute approximate surface area is 68.9 Å². The average molecular weight is 272 g/mol. The molecule has 1 heterocycles. The summed E-state index contributed by atoms with van der Waals surface area (Å²) in [6.45, 7) is 0. The molecule has 0 saturated carbocycles. The van der Waals surface area contributed by atoms with Crippen molar-refractivity contribution < 1.29 is 13.0 Å². The molecule has 0 aliphatic carbocycles. The van der Waals surface area contributed by atoms with Crippen molar-refractivity contribution in [2.75, 3.05) is 0 Å². The van der Waals surface area contributed by atoms with Gasteiger partial charge < -0.3 is 0 Å². The standard InChI is InChI=1S/C5H5IO3S/c7-10(8,9)5-1-3-6-4-2-5/h1-4H,(H,7,8,9). The van der Waals surface area contributed by atoms with Crippen molar-refractivity contribution in [1.29, 1.82) is 0 Å². The highest BCUT2D eigenvalue weighted by Gasteiger charge is 2.09. The molecule has 0 radical (unpaired) electrons. The van der Waals surface area contributed by atoms with Gasteiger partial charge in [0.1, 0.15) is 0 Å². The fourth-order valence-electron chi connectivity index (χ4n) is 0.466. The van der Waals surface area contributed by atoms with E-state index >= 15 is 0 Å². The Bertz CT molecular complexity index is 310. The molecule has 0 unspecified atom stereocenters. The van der Waals surface area contributed by atoms with Crippen LogP contribution in [0.15, 0.2) is 21.1 Å². The second kappa shape index (κ2) is 2.93. The Morgan fingerprint density at radius 2 is 2.20 bits per heavy atom. The van der Waals surface area contributed by atoms with Gasteiger partial charge in [-0.25, -0.2) is 0 Å².